The van der Waals surface area contributed by atoms with Gasteiger partial charge < -0.3 is 48.1 Å². The second-order valence-corrected chi connectivity index (χ2v) is 13.1. The Morgan fingerprint density at radius 3 is 1.93 bits per heavy atom. The van der Waals surface area contributed by atoms with E-state index in [9.17, 15) is 33.6 Å². The van der Waals surface area contributed by atoms with Crippen LogP contribution in [0.4, 0.5) is 20.2 Å². The van der Waals surface area contributed by atoms with Crippen molar-refractivity contribution in [3.63, 3.8) is 0 Å². The Bertz CT molecular complexity index is 2440. The lowest BCUT2D eigenvalue weighted by molar-refractivity contribution is -0.165. The van der Waals surface area contributed by atoms with Crippen LogP contribution in [0.3, 0.4) is 0 Å². The quantitative estimate of drug-likeness (QED) is 0.0817. The first-order valence-corrected chi connectivity index (χ1v) is 17.7. The third-order valence-corrected chi connectivity index (χ3v) is 9.04. The van der Waals surface area contributed by atoms with E-state index in [2.05, 4.69) is 14.8 Å². The highest BCUT2D eigenvalue weighted by atomic mass is 19.1. The Kier molecular flexibility index (Phi) is 12.0. The van der Waals surface area contributed by atoms with E-state index < -0.39 is 91.4 Å². The molecule has 19 heteroatoms. The molecule has 60 heavy (non-hydrogen) atoms. The number of methoxy groups -OCH3 is 1. The van der Waals surface area contributed by atoms with Crippen LogP contribution in [0.1, 0.15) is 63.7 Å². The van der Waals surface area contributed by atoms with Crippen molar-refractivity contribution in [1.82, 2.24) is 0 Å². The van der Waals surface area contributed by atoms with Gasteiger partial charge in [0, 0.05) is 49.7 Å². The summed E-state index contributed by atoms with van der Waals surface area (Å²) in [5.74, 6) is -7.68. The predicted molar refractivity (Wildman–Crippen MR) is 199 cm³/mol. The Morgan fingerprint density at radius 1 is 0.717 bits per heavy atom. The molecule has 4 aromatic rings. The van der Waals surface area contributed by atoms with Crippen molar-refractivity contribution in [2.75, 3.05) is 44.0 Å². The van der Waals surface area contributed by atoms with Crippen LogP contribution in [0.5, 0.6) is 23.0 Å². The number of anilines is 2. The van der Waals surface area contributed by atoms with E-state index in [0.29, 0.717) is 0 Å². The third-order valence-electron chi connectivity index (χ3n) is 9.04. The predicted octanol–water partition coefficient (Wildman–Crippen LogP) is 4.96. The summed E-state index contributed by atoms with van der Waals surface area (Å²) < 4.78 is 72.2. The topological polar surface area (TPSA) is 209 Å². The van der Waals surface area contributed by atoms with E-state index in [1.807, 2.05) is 0 Å². The number of esters is 6. The summed E-state index contributed by atoms with van der Waals surface area (Å²) in [4.78, 5) is 87.6. The number of hydrogen-bond acceptors (Lipinski definition) is 16. The molecule has 0 saturated carbocycles. The second-order valence-electron chi connectivity index (χ2n) is 13.1. The molecule has 1 spiro atoms. The molecule has 2 aliphatic rings. The first-order chi connectivity index (χ1) is 28.5. The molecule has 2 heterocycles. The van der Waals surface area contributed by atoms with Crippen LogP contribution in [0, 0.1) is 18.6 Å². The normalized spacial score (nSPS) is 14.3. The summed E-state index contributed by atoms with van der Waals surface area (Å²) in [6.07, 6.45) is 0. The summed E-state index contributed by atoms with van der Waals surface area (Å²) >= 11 is 0. The van der Waals surface area contributed by atoms with Gasteiger partial charge in [-0.15, -0.1) is 0 Å². The molecule has 4 aromatic carbocycles. The summed E-state index contributed by atoms with van der Waals surface area (Å²) in [6, 6.07) is 12.8. The van der Waals surface area contributed by atoms with Crippen LogP contribution in [0.15, 0.2) is 60.7 Å². The highest BCUT2D eigenvalue weighted by molar-refractivity contribution is 6.07. The average Bonchev–Trinajstić information content (AvgIpc) is 3.47. The fraction of sp³-hybridized carbons (Fsp3) is 0.244. The van der Waals surface area contributed by atoms with Crippen molar-refractivity contribution in [2.45, 2.75) is 33.3 Å². The zero-order valence-corrected chi connectivity index (χ0v) is 32.4. The number of hydrogen-bond donors (Lipinski definition) is 1. The molecule has 312 valence electrons. The van der Waals surface area contributed by atoms with Crippen LogP contribution in [0.2, 0.25) is 0 Å². The van der Waals surface area contributed by atoms with Crippen molar-refractivity contribution in [3.05, 3.63) is 106 Å². The number of aryl methyl sites for hydroxylation is 1. The van der Waals surface area contributed by atoms with Crippen LogP contribution in [0.25, 0.3) is 0 Å². The molecular formula is C41H34F2N2O15. The molecule has 17 nitrogen and oxygen atoms in total. The summed E-state index contributed by atoms with van der Waals surface area (Å²) in [7, 11) is 1.28. The lowest BCUT2D eigenvalue weighted by atomic mass is 9.77. The molecular weight excluding hydrogens is 798 g/mol. The maximum absolute atomic E-state index is 15.4. The molecule has 1 N–H and O–H groups in total. The highest BCUT2D eigenvalue weighted by Crippen LogP contribution is 2.57. The van der Waals surface area contributed by atoms with Gasteiger partial charge in [-0.25, -0.2) is 13.6 Å². The smallest absolute Gasteiger partial charge is 0.340 e. The van der Waals surface area contributed by atoms with Gasteiger partial charge in [0.05, 0.1) is 29.5 Å². The minimum absolute atomic E-state index is 0.0301. The number of amides is 1. The number of carbonyl (C=O) groups is 7. The number of nitrogens with one attached hydrogen (secondary N) is 1. The third kappa shape index (κ3) is 8.64. The first kappa shape index (κ1) is 42.0. The van der Waals surface area contributed by atoms with Crippen molar-refractivity contribution in [3.8, 4) is 23.0 Å². The SMILES string of the molecule is COc1cc(NC(=O)c2ccc3c(c2)C(=O)OC32c3cc(F)c(C)cc3Oc3cc(OC(C)=O)c(F)cc32)ccc1N(CC(=O)OCOC(C)=O)CC(=O)OCOC(C)=O. The van der Waals surface area contributed by atoms with Gasteiger partial charge >= 0.3 is 35.8 Å². The molecule has 0 bridgehead atoms. The number of ether oxygens (including phenoxy) is 8. The molecule has 0 aromatic heterocycles. The molecule has 1 amide bonds. The van der Waals surface area contributed by atoms with E-state index in [-0.39, 0.29) is 62.0 Å². The van der Waals surface area contributed by atoms with Crippen LogP contribution < -0.4 is 24.4 Å². The van der Waals surface area contributed by atoms with Gasteiger partial charge in [-0.2, -0.15) is 0 Å². The minimum atomic E-state index is -1.94. The second kappa shape index (κ2) is 17.1. The van der Waals surface area contributed by atoms with Crippen LogP contribution in [-0.2, 0) is 53.3 Å². The molecule has 0 radical (unpaired) electrons. The Hall–Kier alpha value is -7.57. The molecule has 1 unspecified atom stereocenters. The number of carbonyl (C=O) groups excluding carboxylic acids is 7. The fourth-order valence-electron chi connectivity index (χ4n) is 6.42. The van der Waals surface area contributed by atoms with Gasteiger partial charge in [0.1, 0.15) is 36.2 Å². The molecule has 1 atom stereocenters. The van der Waals surface area contributed by atoms with Crippen molar-refractivity contribution in [2.24, 2.45) is 0 Å². The Balaban J connectivity index is 1.30. The molecule has 6 rings (SSSR count). The number of halogens is 2. The van der Waals surface area contributed by atoms with Crippen molar-refractivity contribution >= 4 is 53.1 Å². The van der Waals surface area contributed by atoms with Crippen molar-refractivity contribution in [1.29, 1.82) is 0 Å². The maximum Gasteiger partial charge on any atom is 0.340 e. The van der Waals surface area contributed by atoms with Gasteiger partial charge in [0.2, 0.25) is 13.6 Å². The largest absolute Gasteiger partial charge is 0.495 e. The van der Waals surface area contributed by atoms with E-state index in [0.717, 1.165) is 39.0 Å². The van der Waals surface area contributed by atoms with Crippen LogP contribution >= 0.6 is 0 Å². The molecule has 0 aliphatic carbocycles. The molecule has 0 saturated heterocycles. The lowest BCUT2D eigenvalue weighted by Crippen LogP contribution is -2.37. The highest BCUT2D eigenvalue weighted by Gasteiger charge is 2.54. The fourth-order valence-corrected chi connectivity index (χ4v) is 6.42. The standard InChI is InChI=1S/C41H34F2N2O15/c1-20-10-33-28(13-30(20)42)41(29-14-31(43)35(58-23(4)48)15-34(29)59-33)27-8-6-24(11-26(27)40(52)60-41)39(51)44-25-7-9-32(36(12-25)53-5)45(16-37(49)56-18-54-21(2)46)17-38(50)57-19-55-22(3)47/h6-15H,16-19H2,1-5H3,(H,44,51). The first-order valence-electron chi connectivity index (χ1n) is 17.7. The van der Waals surface area contributed by atoms with Gasteiger partial charge in [0.25, 0.3) is 5.91 Å². The zero-order chi connectivity index (χ0) is 43.5. The van der Waals surface area contributed by atoms with E-state index >= 15 is 8.78 Å². The molecule has 0 fully saturated rings. The number of fused-ring (bicyclic) bond motifs is 6. The van der Waals surface area contributed by atoms with Crippen molar-refractivity contribution < 1.29 is 80.2 Å². The van der Waals surface area contributed by atoms with E-state index in [1.54, 1.807) is 0 Å². The Labute approximate surface area is 338 Å². The van der Waals surface area contributed by atoms with Gasteiger partial charge in [0.15, 0.2) is 17.2 Å². The van der Waals surface area contributed by atoms with E-state index in [1.165, 1.54) is 61.4 Å². The minimum Gasteiger partial charge on any atom is -0.495 e. The van der Waals surface area contributed by atoms with E-state index in [4.69, 9.17) is 28.4 Å². The van der Waals surface area contributed by atoms with Gasteiger partial charge in [-0.3, -0.25) is 28.8 Å². The lowest BCUT2D eigenvalue weighted by Gasteiger charge is -2.36. The zero-order valence-electron chi connectivity index (χ0n) is 32.4. The molecule has 2 aliphatic heterocycles. The number of benzene rings is 4. The average molecular weight is 833 g/mol. The monoisotopic (exact) mass is 832 g/mol. The number of rotatable bonds is 13. The van der Waals surface area contributed by atoms with Crippen LogP contribution in [-0.4, -0.2) is 75.5 Å². The summed E-state index contributed by atoms with van der Waals surface area (Å²) in [6.45, 7) is 2.27. The summed E-state index contributed by atoms with van der Waals surface area (Å²) in [5.41, 5.74) is -1.42. The summed E-state index contributed by atoms with van der Waals surface area (Å²) in [5, 5.41) is 2.68. The Morgan fingerprint density at radius 2 is 1.33 bits per heavy atom. The van der Waals surface area contributed by atoms with Gasteiger partial charge in [-0.05, 0) is 55.0 Å². The maximum atomic E-state index is 15.4. The number of nitrogens with zero attached hydrogens (tertiary/aromatic N) is 1. The van der Waals surface area contributed by atoms with Gasteiger partial charge in [-0.1, -0.05) is 6.07 Å².